The van der Waals surface area contributed by atoms with Crippen LogP contribution in [0.4, 0.5) is 18.9 Å². The largest absolute Gasteiger partial charge is 0.433 e. The molecule has 0 spiro atoms. The van der Waals surface area contributed by atoms with E-state index in [1.165, 1.54) is 11.9 Å². The van der Waals surface area contributed by atoms with Gasteiger partial charge in [-0.2, -0.15) is 13.2 Å². The van der Waals surface area contributed by atoms with Crippen LogP contribution in [0.1, 0.15) is 34.5 Å². The minimum absolute atomic E-state index is 0.0465. The number of H-pyrrole nitrogens is 2. The van der Waals surface area contributed by atoms with Crippen molar-refractivity contribution in [1.29, 1.82) is 0 Å². The van der Waals surface area contributed by atoms with Crippen molar-refractivity contribution in [2.75, 3.05) is 17.8 Å². The van der Waals surface area contributed by atoms with E-state index >= 15 is 0 Å². The summed E-state index contributed by atoms with van der Waals surface area (Å²) in [4.78, 5) is 36.0. The Bertz CT molecular complexity index is 1510. The van der Waals surface area contributed by atoms with Gasteiger partial charge in [-0.25, -0.2) is 0 Å². The Kier molecular flexibility index (Phi) is 6.88. The Morgan fingerprint density at radius 2 is 1.79 bits per heavy atom. The second kappa shape index (κ2) is 10.1. The molecule has 198 valence electrons. The lowest BCUT2D eigenvalue weighted by Crippen LogP contribution is -2.48. The molecule has 1 saturated heterocycles. The Morgan fingerprint density at radius 3 is 2.50 bits per heavy atom. The zero-order valence-electron chi connectivity index (χ0n) is 19.9. The molecule has 0 saturated carbocycles. The van der Waals surface area contributed by atoms with Gasteiger partial charge in [-0.3, -0.25) is 29.8 Å². The summed E-state index contributed by atoms with van der Waals surface area (Å²) in [5.74, 6) is -0.244. The highest BCUT2D eigenvalue weighted by Crippen LogP contribution is 2.33. The number of piperidine rings is 1. The third-order valence-electron chi connectivity index (χ3n) is 6.52. The van der Waals surface area contributed by atoms with Gasteiger partial charge in [0.05, 0.1) is 21.6 Å². The van der Waals surface area contributed by atoms with Gasteiger partial charge in [0.2, 0.25) is 0 Å². The second-order valence-electron chi connectivity index (χ2n) is 9.09. The van der Waals surface area contributed by atoms with Gasteiger partial charge in [-0.05, 0) is 61.2 Å². The molecule has 38 heavy (non-hydrogen) atoms. The molecule has 13 heteroatoms. The summed E-state index contributed by atoms with van der Waals surface area (Å²) in [6.07, 6.45) is -1.84. The van der Waals surface area contributed by atoms with Crippen LogP contribution in [0.15, 0.2) is 64.5 Å². The molecule has 3 heterocycles. The summed E-state index contributed by atoms with van der Waals surface area (Å²) in [6, 6.07) is 12.6. The van der Waals surface area contributed by atoms with Crippen LogP contribution in [0.2, 0.25) is 0 Å². The van der Waals surface area contributed by atoms with Gasteiger partial charge in [-0.1, -0.05) is 6.07 Å². The summed E-state index contributed by atoms with van der Waals surface area (Å²) in [6.45, 7) is 0.300. The molecule has 2 aromatic heterocycles. The number of rotatable bonds is 6. The highest BCUT2D eigenvalue weighted by molar-refractivity contribution is 8.00. The zero-order chi connectivity index (χ0) is 26.9. The maximum Gasteiger partial charge on any atom is 0.433 e. The quantitative estimate of drug-likeness (QED) is 0.270. The monoisotopic (exact) mass is 544 g/mol. The number of halogens is 3. The van der Waals surface area contributed by atoms with E-state index in [0.29, 0.717) is 5.56 Å². The fourth-order valence-corrected chi connectivity index (χ4v) is 5.22. The number of alkyl halides is 3. The van der Waals surface area contributed by atoms with Crippen molar-refractivity contribution in [2.24, 2.45) is 0 Å². The summed E-state index contributed by atoms with van der Waals surface area (Å²) < 4.78 is 42.8. The van der Waals surface area contributed by atoms with Gasteiger partial charge in [-0.15, -0.1) is 0 Å². The van der Waals surface area contributed by atoms with Gasteiger partial charge in [0.25, 0.3) is 11.5 Å². The van der Waals surface area contributed by atoms with Crippen molar-refractivity contribution >= 4 is 34.6 Å². The van der Waals surface area contributed by atoms with Crippen LogP contribution in [-0.4, -0.2) is 54.8 Å². The van der Waals surface area contributed by atoms with E-state index in [-0.39, 0.29) is 31.8 Å². The lowest BCUT2D eigenvalue weighted by molar-refractivity contribution is -0.142. The van der Waals surface area contributed by atoms with Gasteiger partial charge in [0.15, 0.2) is 0 Å². The number of hydrogen-bond acceptors (Lipinski definition) is 7. The van der Waals surface area contributed by atoms with Crippen LogP contribution < -0.4 is 10.3 Å². The Morgan fingerprint density at radius 1 is 1.08 bits per heavy atom. The molecule has 0 radical (unpaired) electrons. The smallest absolute Gasteiger partial charge is 0.389 e. The molecule has 2 aromatic carbocycles. The number of carbonyl (C=O) groups excluding carboxylic acids is 1. The molecule has 0 aliphatic carbocycles. The maximum atomic E-state index is 13.2. The molecule has 1 aliphatic rings. The number of benzene rings is 2. The Balaban J connectivity index is 1.19. The van der Waals surface area contributed by atoms with Crippen molar-refractivity contribution in [3.8, 4) is 0 Å². The molecule has 4 N–H and O–H groups in total. The van der Waals surface area contributed by atoms with Crippen LogP contribution in [0.3, 0.4) is 0 Å². The average molecular weight is 545 g/mol. The van der Waals surface area contributed by atoms with E-state index in [2.05, 4.69) is 14.7 Å². The molecular weight excluding hydrogens is 521 g/mol. The number of aromatic amines is 2. The van der Waals surface area contributed by atoms with E-state index < -0.39 is 35.0 Å². The van der Waals surface area contributed by atoms with Crippen LogP contribution >= 0.6 is 11.9 Å². The Labute approximate surface area is 218 Å². The number of amides is 1. The molecule has 9 nitrogen and oxygen atoms in total. The van der Waals surface area contributed by atoms with Crippen molar-refractivity contribution in [3.05, 3.63) is 82.0 Å². The number of aliphatic hydroxyl groups is 1. The third-order valence-corrected chi connectivity index (χ3v) is 7.41. The highest BCUT2D eigenvalue weighted by atomic mass is 32.2. The topological polar surface area (TPSA) is 127 Å². The lowest BCUT2D eigenvalue weighted by Gasteiger charge is -2.38. The number of aromatic nitrogens is 4. The third kappa shape index (κ3) is 5.38. The number of para-hydroxylation sites is 1. The van der Waals surface area contributed by atoms with Crippen molar-refractivity contribution in [3.63, 3.8) is 0 Å². The zero-order valence-corrected chi connectivity index (χ0v) is 20.7. The standard InChI is InChI=1S/C25H23F3N6O3S/c26-25(27,28)21-17(22(35)32-31-21)14-24(37)8-12-34(13-9-24)23(36)15-4-6-16(7-5-15)33-38-19-3-1-2-18-20(19)30-11-10-29-18/h1-7,10-11,33,37H,8-9,12-14H2,(H2,31,32,35). The van der Waals surface area contributed by atoms with Crippen LogP contribution in [0.5, 0.6) is 0 Å². The van der Waals surface area contributed by atoms with Gasteiger partial charge in [0.1, 0.15) is 11.2 Å². The first-order valence-corrected chi connectivity index (χ1v) is 12.6. The highest BCUT2D eigenvalue weighted by Gasteiger charge is 2.41. The molecule has 0 atom stereocenters. The first-order valence-electron chi connectivity index (χ1n) is 11.7. The number of anilines is 1. The molecule has 0 unspecified atom stereocenters. The molecule has 4 aromatic rings. The minimum Gasteiger partial charge on any atom is -0.389 e. The second-order valence-corrected chi connectivity index (χ2v) is 9.93. The van der Waals surface area contributed by atoms with Crippen molar-refractivity contribution in [2.45, 2.75) is 35.9 Å². The molecule has 1 amide bonds. The van der Waals surface area contributed by atoms with Gasteiger partial charge >= 0.3 is 6.18 Å². The van der Waals surface area contributed by atoms with E-state index in [0.717, 1.165) is 21.6 Å². The molecule has 5 rings (SSSR count). The van der Waals surface area contributed by atoms with Crippen LogP contribution in [0.25, 0.3) is 11.0 Å². The van der Waals surface area contributed by atoms with Crippen LogP contribution in [-0.2, 0) is 12.6 Å². The number of nitrogens with one attached hydrogen (secondary N) is 3. The molecule has 1 aliphatic heterocycles. The molecular formula is C25H23F3N6O3S. The number of fused-ring (bicyclic) bond motifs is 1. The summed E-state index contributed by atoms with van der Waals surface area (Å²) in [5, 5.41) is 14.7. The van der Waals surface area contributed by atoms with E-state index in [9.17, 15) is 27.9 Å². The van der Waals surface area contributed by atoms with Crippen molar-refractivity contribution < 1.29 is 23.1 Å². The fourth-order valence-electron chi connectivity index (χ4n) is 4.45. The van der Waals surface area contributed by atoms with E-state index in [1.807, 2.05) is 28.4 Å². The van der Waals surface area contributed by atoms with E-state index in [1.54, 1.807) is 41.6 Å². The number of nitrogens with zero attached hydrogens (tertiary/aromatic N) is 3. The molecule has 1 fully saturated rings. The maximum absolute atomic E-state index is 13.2. The van der Waals surface area contributed by atoms with Crippen molar-refractivity contribution in [1.82, 2.24) is 25.1 Å². The van der Waals surface area contributed by atoms with Crippen LogP contribution in [0, 0.1) is 0 Å². The summed E-state index contributed by atoms with van der Waals surface area (Å²) >= 11 is 1.38. The number of likely N-dealkylation sites (tertiary alicyclic amines) is 1. The summed E-state index contributed by atoms with van der Waals surface area (Å²) in [5.41, 5.74) is -1.37. The fraction of sp³-hybridized carbons (Fsp3) is 0.280. The lowest BCUT2D eigenvalue weighted by atomic mass is 9.85. The van der Waals surface area contributed by atoms with Gasteiger partial charge in [0, 0.05) is 43.2 Å². The predicted molar refractivity (Wildman–Crippen MR) is 136 cm³/mol. The number of carbonyl (C=O) groups is 1. The normalized spacial score (nSPS) is 15.5. The van der Waals surface area contributed by atoms with Gasteiger partial charge < -0.3 is 14.7 Å². The first kappa shape index (κ1) is 25.8. The average Bonchev–Trinajstić information content (AvgIpc) is 3.27. The first-order chi connectivity index (χ1) is 18.1. The minimum atomic E-state index is -4.75. The SMILES string of the molecule is O=C(c1ccc(NSc2cccc3nccnc23)cc1)N1CCC(O)(Cc2c(C(F)(F)F)[nH][nH]c2=O)CC1. The Hall–Kier alpha value is -3.84. The van der Waals surface area contributed by atoms with E-state index in [4.69, 9.17) is 0 Å². The predicted octanol–water partition coefficient (Wildman–Crippen LogP) is 3.99. The summed E-state index contributed by atoms with van der Waals surface area (Å²) in [7, 11) is 0. The number of hydrogen-bond donors (Lipinski definition) is 4. The molecule has 0 bridgehead atoms.